The van der Waals surface area contributed by atoms with Gasteiger partial charge in [0.05, 0.1) is 36.6 Å². The van der Waals surface area contributed by atoms with Gasteiger partial charge in [0, 0.05) is 42.3 Å². The van der Waals surface area contributed by atoms with Crippen LogP contribution in [0.5, 0.6) is 11.5 Å². The minimum atomic E-state index is 0.0581. The number of methoxy groups -OCH3 is 2. The van der Waals surface area contributed by atoms with Gasteiger partial charge in [-0.2, -0.15) is 0 Å². The number of halogens is 2. The van der Waals surface area contributed by atoms with Crippen molar-refractivity contribution in [2.45, 2.75) is 31.7 Å². The van der Waals surface area contributed by atoms with E-state index < -0.39 is 0 Å². The van der Waals surface area contributed by atoms with Crippen LogP contribution in [0.2, 0.25) is 10.0 Å². The van der Waals surface area contributed by atoms with Gasteiger partial charge in [0.15, 0.2) is 0 Å². The largest absolute Gasteiger partial charge is 0.495 e. The molecule has 4 rings (SSSR count). The van der Waals surface area contributed by atoms with Crippen LogP contribution in [-0.4, -0.2) is 80.5 Å². The summed E-state index contributed by atoms with van der Waals surface area (Å²) in [6.45, 7) is 3.11. The number of rotatable bonds is 11. The summed E-state index contributed by atoms with van der Waals surface area (Å²) < 4.78 is 16.5. The molecule has 1 saturated heterocycles. The van der Waals surface area contributed by atoms with Crippen molar-refractivity contribution in [3.05, 3.63) is 33.7 Å². The van der Waals surface area contributed by atoms with Crippen LogP contribution in [0.4, 0.5) is 11.8 Å². The predicted octanol–water partition coefficient (Wildman–Crippen LogP) is 5.95. The maximum absolute atomic E-state index is 6.70. The Labute approximate surface area is 227 Å². The summed E-state index contributed by atoms with van der Waals surface area (Å²) in [6, 6.07) is 3.58. The van der Waals surface area contributed by atoms with E-state index in [0.29, 0.717) is 56.7 Å². The first-order valence-electron chi connectivity index (χ1n) is 12.4. The summed E-state index contributed by atoms with van der Waals surface area (Å²) in [5.74, 6) is 1.92. The predicted molar refractivity (Wildman–Crippen MR) is 149 cm³/mol. The summed E-state index contributed by atoms with van der Waals surface area (Å²) in [5, 5.41) is 9.66. The number of nitrogens with zero attached hydrogens (tertiary/aromatic N) is 5. The number of hydrogen-bond donors (Lipinski definition) is 1. The third kappa shape index (κ3) is 6.65. The standard InChI is InChI=1S/C26H33Cl2N6O3/c1-34(2)10-6-5-9-29-25-24-16(14-30-26(33-24)31-17-8-7-11-37-15-17)12-18(32-25)21-22(27)19(35-3)13-20(36-4)23(21)28/h12-14,17H,5-11,15H2,1-4H3,(H-,29,30,31,32,33)/q-1. The van der Waals surface area contributed by atoms with Gasteiger partial charge in [-0.15, -0.1) is 0 Å². The van der Waals surface area contributed by atoms with E-state index >= 15 is 0 Å². The zero-order chi connectivity index (χ0) is 26.4. The number of aromatic nitrogens is 3. The number of ether oxygens (including phenoxy) is 3. The molecule has 200 valence electrons. The molecular formula is C26H33Cl2N6O3-. The number of pyridine rings is 1. The monoisotopic (exact) mass is 547 g/mol. The Morgan fingerprint density at radius 3 is 2.51 bits per heavy atom. The van der Waals surface area contributed by atoms with Crippen molar-refractivity contribution < 1.29 is 14.2 Å². The molecule has 0 radical (unpaired) electrons. The van der Waals surface area contributed by atoms with Crippen LogP contribution in [0, 0.1) is 0 Å². The second-order valence-electron chi connectivity index (χ2n) is 9.19. The lowest BCUT2D eigenvalue weighted by atomic mass is 10.1. The average molecular weight is 548 g/mol. The van der Waals surface area contributed by atoms with Gasteiger partial charge >= 0.3 is 0 Å². The molecule has 0 bridgehead atoms. The molecule has 1 N–H and O–H groups in total. The number of fused-ring (bicyclic) bond motifs is 1. The van der Waals surface area contributed by atoms with E-state index in [1.54, 1.807) is 26.5 Å². The van der Waals surface area contributed by atoms with Crippen molar-refractivity contribution >= 4 is 45.9 Å². The van der Waals surface area contributed by atoms with Crippen LogP contribution in [-0.2, 0) is 4.74 Å². The SMILES string of the molecule is COc1cc(OC)c(Cl)c(-c2cc3cnc([N-]C4CCCOC4)nc3c(NCCCCN(C)C)n2)c1Cl. The molecule has 0 amide bonds. The quantitative estimate of drug-likeness (QED) is 0.294. The van der Waals surface area contributed by atoms with E-state index in [-0.39, 0.29) is 6.04 Å². The molecule has 1 aliphatic rings. The van der Waals surface area contributed by atoms with Gasteiger partial charge in [0.1, 0.15) is 17.3 Å². The van der Waals surface area contributed by atoms with E-state index in [1.807, 2.05) is 6.07 Å². The Morgan fingerprint density at radius 1 is 1.11 bits per heavy atom. The molecule has 37 heavy (non-hydrogen) atoms. The average Bonchev–Trinajstić information content (AvgIpc) is 2.89. The second-order valence-corrected chi connectivity index (χ2v) is 9.94. The second kappa shape index (κ2) is 12.8. The Morgan fingerprint density at radius 2 is 1.86 bits per heavy atom. The van der Waals surface area contributed by atoms with Gasteiger partial charge in [-0.3, -0.25) is 0 Å². The molecule has 1 fully saturated rings. The van der Waals surface area contributed by atoms with Gasteiger partial charge in [0.25, 0.3) is 0 Å². The van der Waals surface area contributed by atoms with E-state index in [1.165, 1.54) is 0 Å². The molecule has 0 spiro atoms. The van der Waals surface area contributed by atoms with Gasteiger partial charge in [0.2, 0.25) is 0 Å². The lowest BCUT2D eigenvalue weighted by Gasteiger charge is -2.27. The van der Waals surface area contributed by atoms with Gasteiger partial charge in [-0.25, -0.2) is 4.98 Å². The van der Waals surface area contributed by atoms with Gasteiger partial charge in [-0.1, -0.05) is 23.2 Å². The highest BCUT2D eigenvalue weighted by molar-refractivity contribution is 6.41. The van der Waals surface area contributed by atoms with Crippen LogP contribution in [0.25, 0.3) is 27.5 Å². The third-order valence-electron chi connectivity index (χ3n) is 6.14. The van der Waals surface area contributed by atoms with E-state index in [4.69, 9.17) is 52.7 Å². The number of unbranched alkanes of at least 4 members (excludes halogenated alkanes) is 1. The molecule has 1 atom stereocenters. The van der Waals surface area contributed by atoms with E-state index in [9.17, 15) is 0 Å². The minimum Gasteiger partial charge on any atom is -0.495 e. The first kappa shape index (κ1) is 27.4. The summed E-state index contributed by atoms with van der Waals surface area (Å²) in [4.78, 5) is 16.3. The first-order valence-corrected chi connectivity index (χ1v) is 13.1. The molecule has 2 aromatic heterocycles. The lowest BCUT2D eigenvalue weighted by Crippen LogP contribution is -2.21. The fraction of sp³-hybridized carbons (Fsp3) is 0.500. The minimum absolute atomic E-state index is 0.0581. The van der Waals surface area contributed by atoms with Crippen molar-refractivity contribution in [3.63, 3.8) is 0 Å². The molecule has 1 unspecified atom stereocenters. The lowest BCUT2D eigenvalue weighted by molar-refractivity contribution is 0.0903. The number of nitrogens with one attached hydrogen (secondary N) is 1. The number of hydrogen-bond acceptors (Lipinski definition) is 8. The molecule has 0 saturated carbocycles. The Hall–Kier alpha value is -2.59. The summed E-state index contributed by atoms with van der Waals surface area (Å²) >= 11 is 13.4. The fourth-order valence-corrected chi connectivity index (χ4v) is 4.90. The third-order valence-corrected chi connectivity index (χ3v) is 6.89. The Kier molecular flexibility index (Phi) is 9.48. The summed E-state index contributed by atoms with van der Waals surface area (Å²) in [6.07, 6.45) is 5.73. The van der Waals surface area contributed by atoms with Gasteiger partial charge < -0.3 is 39.7 Å². The molecule has 1 aromatic carbocycles. The van der Waals surface area contributed by atoms with Gasteiger partial charge in [-0.05, 0) is 64.0 Å². The maximum atomic E-state index is 6.70. The van der Waals surface area contributed by atoms with Crippen LogP contribution in [0.1, 0.15) is 25.7 Å². The molecule has 3 aromatic rings. The molecular weight excluding hydrogens is 515 g/mol. The highest BCUT2D eigenvalue weighted by atomic mass is 35.5. The Balaban J connectivity index is 1.74. The van der Waals surface area contributed by atoms with Crippen LogP contribution in [0.3, 0.4) is 0 Å². The van der Waals surface area contributed by atoms with Crippen molar-refractivity contribution in [3.8, 4) is 22.8 Å². The van der Waals surface area contributed by atoms with Crippen LogP contribution < -0.4 is 14.8 Å². The van der Waals surface area contributed by atoms with E-state index in [2.05, 4.69) is 29.3 Å². The van der Waals surface area contributed by atoms with Crippen LogP contribution >= 0.6 is 23.2 Å². The first-order chi connectivity index (χ1) is 17.9. The highest BCUT2D eigenvalue weighted by Crippen LogP contribution is 2.46. The molecule has 11 heteroatoms. The number of benzene rings is 1. The topological polar surface area (TPSA) is 95.7 Å². The molecule has 9 nitrogen and oxygen atoms in total. The smallest absolute Gasteiger partial charge is 0.141 e. The highest BCUT2D eigenvalue weighted by Gasteiger charge is 2.21. The summed E-state index contributed by atoms with van der Waals surface area (Å²) in [5.41, 5.74) is 1.76. The molecule has 3 heterocycles. The van der Waals surface area contributed by atoms with Crippen molar-refractivity contribution in [1.82, 2.24) is 19.9 Å². The molecule has 1 aliphatic heterocycles. The zero-order valence-electron chi connectivity index (χ0n) is 21.7. The normalized spacial score (nSPS) is 15.7. The number of anilines is 1. The zero-order valence-corrected chi connectivity index (χ0v) is 23.2. The maximum Gasteiger partial charge on any atom is 0.141 e. The molecule has 0 aliphatic carbocycles. The Bertz CT molecular complexity index is 1190. The van der Waals surface area contributed by atoms with Crippen molar-refractivity contribution in [2.24, 2.45) is 0 Å². The van der Waals surface area contributed by atoms with Crippen molar-refractivity contribution in [2.75, 3.05) is 59.9 Å². The summed E-state index contributed by atoms with van der Waals surface area (Å²) in [7, 11) is 7.23. The van der Waals surface area contributed by atoms with Crippen molar-refractivity contribution in [1.29, 1.82) is 0 Å². The van der Waals surface area contributed by atoms with E-state index in [0.717, 1.165) is 50.8 Å². The fourth-order valence-electron chi connectivity index (χ4n) is 4.20. The van der Waals surface area contributed by atoms with Crippen LogP contribution in [0.15, 0.2) is 18.3 Å².